The van der Waals surface area contributed by atoms with Crippen molar-refractivity contribution in [3.8, 4) is 0 Å². The number of nitrogens with one attached hydrogen (secondary N) is 2. The molecule has 22 heavy (non-hydrogen) atoms. The number of likely N-dealkylation sites (N-methyl/N-ethyl adjacent to an activating group) is 1. The van der Waals surface area contributed by atoms with E-state index in [1.165, 1.54) is 13.1 Å². The molecule has 1 rings (SSSR count). The summed E-state index contributed by atoms with van der Waals surface area (Å²) in [4.78, 5) is 9.65. The van der Waals surface area contributed by atoms with Gasteiger partial charge in [-0.2, -0.15) is 0 Å². The Morgan fingerprint density at radius 3 is 2.36 bits per heavy atom. The van der Waals surface area contributed by atoms with E-state index in [0.717, 1.165) is 45.2 Å². The molecule has 0 aromatic heterocycles. The molecule has 1 fully saturated rings. The molecule has 0 radical (unpaired) electrons. The lowest BCUT2D eigenvalue weighted by Crippen LogP contribution is -2.47. The van der Waals surface area contributed by atoms with Crippen LogP contribution in [0.25, 0.3) is 0 Å². The maximum absolute atomic E-state index is 5.14. The zero-order valence-electron chi connectivity index (χ0n) is 14.6. The van der Waals surface area contributed by atoms with Gasteiger partial charge in [0.05, 0.1) is 13.2 Å². The van der Waals surface area contributed by atoms with Crippen molar-refractivity contribution in [2.45, 2.75) is 26.8 Å². The summed E-state index contributed by atoms with van der Waals surface area (Å²) in [5, 5.41) is 6.64. The smallest absolute Gasteiger partial charge is 0.191 e. The van der Waals surface area contributed by atoms with Crippen molar-refractivity contribution in [3.63, 3.8) is 0 Å². The minimum absolute atomic E-state index is 0. The van der Waals surface area contributed by atoms with Gasteiger partial charge in [0.15, 0.2) is 5.96 Å². The lowest BCUT2D eigenvalue weighted by Gasteiger charge is -2.33. The number of aliphatic imine (C=N–C) groups is 1. The van der Waals surface area contributed by atoms with Crippen molar-refractivity contribution in [3.05, 3.63) is 0 Å². The van der Waals surface area contributed by atoms with Crippen molar-refractivity contribution in [1.29, 1.82) is 0 Å². The van der Waals surface area contributed by atoms with Crippen molar-refractivity contribution < 1.29 is 4.74 Å². The average molecular weight is 427 g/mol. The molecule has 0 aromatic rings. The maximum atomic E-state index is 5.14. The van der Waals surface area contributed by atoms with Gasteiger partial charge in [0, 0.05) is 52.4 Å². The molecule has 7 heteroatoms. The number of ether oxygens (including phenoxy) is 1. The van der Waals surface area contributed by atoms with Crippen molar-refractivity contribution in [1.82, 2.24) is 20.4 Å². The summed E-state index contributed by atoms with van der Waals surface area (Å²) < 4.78 is 5.14. The number of hydrogen-bond acceptors (Lipinski definition) is 4. The molecule has 132 valence electrons. The SMILES string of the molecule is CCNC(=NCCN1CCN(CC)CC1)NC(C)COC.I. The van der Waals surface area contributed by atoms with Crippen LogP contribution in [-0.2, 0) is 4.74 Å². The van der Waals surface area contributed by atoms with E-state index in [9.17, 15) is 0 Å². The van der Waals surface area contributed by atoms with Crippen LogP contribution in [0.5, 0.6) is 0 Å². The Balaban J connectivity index is 0.00000441. The van der Waals surface area contributed by atoms with E-state index < -0.39 is 0 Å². The normalized spacial score (nSPS) is 18.6. The number of piperazine rings is 1. The number of rotatable bonds is 8. The molecule has 1 atom stereocenters. The Morgan fingerprint density at radius 1 is 1.18 bits per heavy atom. The van der Waals surface area contributed by atoms with E-state index in [4.69, 9.17) is 4.74 Å². The average Bonchev–Trinajstić information content (AvgIpc) is 2.48. The second-order valence-electron chi connectivity index (χ2n) is 5.54. The van der Waals surface area contributed by atoms with Gasteiger partial charge < -0.3 is 20.3 Å². The predicted octanol–water partition coefficient (Wildman–Crippen LogP) is 0.832. The highest BCUT2D eigenvalue weighted by molar-refractivity contribution is 14.0. The van der Waals surface area contributed by atoms with Gasteiger partial charge in [-0.1, -0.05) is 6.92 Å². The van der Waals surface area contributed by atoms with Gasteiger partial charge in [0.2, 0.25) is 0 Å². The van der Waals surface area contributed by atoms with Gasteiger partial charge in [0.25, 0.3) is 0 Å². The summed E-state index contributed by atoms with van der Waals surface area (Å²) in [5.41, 5.74) is 0. The fraction of sp³-hybridized carbons (Fsp3) is 0.933. The number of nitrogens with zero attached hydrogens (tertiary/aromatic N) is 3. The minimum atomic E-state index is 0. The predicted molar refractivity (Wildman–Crippen MR) is 104 cm³/mol. The van der Waals surface area contributed by atoms with E-state index in [1.54, 1.807) is 7.11 Å². The molecule has 0 aliphatic carbocycles. The Bertz CT molecular complexity index is 296. The lowest BCUT2D eigenvalue weighted by molar-refractivity contribution is 0.140. The summed E-state index contributed by atoms with van der Waals surface area (Å²) >= 11 is 0. The van der Waals surface area contributed by atoms with Gasteiger partial charge in [-0.25, -0.2) is 0 Å². The molecule has 0 bridgehead atoms. The Kier molecular flexibility index (Phi) is 13.3. The van der Waals surface area contributed by atoms with Crippen LogP contribution in [0.1, 0.15) is 20.8 Å². The Morgan fingerprint density at radius 2 is 1.82 bits per heavy atom. The molecule has 0 aromatic carbocycles. The minimum Gasteiger partial charge on any atom is -0.383 e. The molecule has 6 nitrogen and oxygen atoms in total. The zero-order valence-corrected chi connectivity index (χ0v) is 16.9. The van der Waals surface area contributed by atoms with Gasteiger partial charge in [-0.3, -0.25) is 9.89 Å². The summed E-state index contributed by atoms with van der Waals surface area (Å²) in [7, 11) is 1.72. The summed E-state index contributed by atoms with van der Waals surface area (Å²) in [6.45, 7) is 15.7. The highest BCUT2D eigenvalue weighted by Crippen LogP contribution is 2.00. The van der Waals surface area contributed by atoms with Crippen molar-refractivity contribution in [2.75, 3.05) is 66.1 Å². The number of guanidine groups is 1. The van der Waals surface area contributed by atoms with Crippen LogP contribution < -0.4 is 10.6 Å². The van der Waals surface area contributed by atoms with Gasteiger partial charge >= 0.3 is 0 Å². The molecular weight excluding hydrogens is 393 g/mol. The van der Waals surface area contributed by atoms with Crippen LogP contribution in [0.2, 0.25) is 0 Å². The molecule has 1 aliphatic rings. The largest absolute Gasteiger partial charge is 0.383 e. The van der Waals surface area contributed by atoms with E-state index in [0.29, 0.717) is 6.61 Å². The van der Waals surface area contributed by atoms with Crippen LogP contribution in [0, 0.1) is 0 Å². The topological polar surface area (TPSA) is 52.1 Å². The van der Waals surface area contributed by atoms with E-state index in [-0.39, 0.29) is 30.0 Å². The van der Waals surface area contributed by atoms with Crippen LogP contribution >= 0.6 is 24.0 Å². The molecule has 0 spiro atoms. The summed E-state index contributed by atoms with van der Waals surface area (Å²) in [6, 6.07) is 0.265. The van der Waals surface area contributed by atoms with Gasteiger partial charge in [0.1, 0.15) is 0 Å². The molecule has 1 aliphatic heterocycles. The van der Waals surface area contributed by atoms with Crippen molar-refractivity contribution >= 4 is 29.9 Å². The van der Waals surface area contributed by atoms with Crippen LogP contribution in [0.3, 0.4) is 0 Å². The van der Waals surface area contributed by atoms with Gasteiger partial charge in [-0.15, -0.1) is 24.0 Å². The Labute approximate surface area is 153 Å². The molecule has 1 heterocycles. The van der Waals surface area contributed by atoms with E-state index in [1.807, 2.05) is 0 Å². The first-order valence-corrected chi connectivity index (χ1v) is 8.18. The van der Waals surface area contributed by atoms with Gasteiger partial charge in [-0.05, 0) is 20.4 Å². The number of hydrogen-bond donors (Lipinski definition) is 2. The van der Waals surface area contributed by atoms with Crippen molar-refractivity contribution in [2.24, 2.45) is 4.99 Å². The molecule has 1 unspecified atom stereocenters. The summed E-state index contributed by atoms with van der Waals surface area (Å²) in [5.74, 6) is 0.884. The zero-order chi connectivity index (χ0) is 15.5. The van der Waals surface area contributed by atoms with Crippen LogP contribution in [-0.4, -0.2) is 87.9 Å². The second kappa shape index (κ2) is 13.3. The quantitative estimate of drug-likeness (QED) is 0.342. The fourth-order valence-electron chi connectivity index (χ4n) is 2.48. The molecule has 0 amide bonds. The van der Waals surface area contributed by atoms with E-state index >= 15 is 0 Å². The first-order chi connectivity index (χ1) is 10.2. The molecular formula is C15H34IN5O. The van der Waals surface area contributed by atoms with E-state index in [2.05, 4.69) is 46.2 Å². The monoisotopic (exact) mass is 427 g/mol. The standard InChI is InChI=1S/C15H33N5O.HI/c1-5-16-15(18-14(3)13-21-4)17-7-8-20-11-9-19(6-2)10-12-20;/h14H,5-13H2,1-4H3,(H2,16,17,18);1H. The lowest BCUT2D eigenvalue weighted by atomic mass is 10.3. The third-order valence-electron chi connectivity index (χ3n) is 3.74. The molecule has 2 N–H and O–H groups in total. The maximum Gasteiger partial charge on any atom is 0.191 e. The highest BCUT2D eigenvalue weighted by Gasteiger charge is 2.14. The highest BCUT2D eigenvalue weighted by atomic mass is 127. The first kappa shape index (κ1) is 21.9. The fourth-order valence-corrected chi connectivity index (χ4v) is 2.48. The second-order valence-corrected chi connectivity index (χ2v) is 5.54. The third-order valence-corrected chi connectivity index (χ3v) is 3.74. The Hall–Kier alpha value is -0.120. The number of methoxy groups -OCH3 is 1. The first-order valence-electron chi connectivity index (χ1n) is 8.18. The molecule has 0 saturated carbocycles. The third kappa shape index (κ3) is 9.12. The number of halogens is 1. The summed E-state index contributed by atoms with van der Waals surface area (Å²) in [6.07, 6.45) is 0. The molecule has 1 saturated heterocycles. The van der Waals surface area contributed by atoms with Crippen LogP contribution in [0.4, 0.5) is 0 Å². The van der Waals surface area contributed by atoms with Crippen LogP contribution in [0.15, 0.2) is 4.99 Å².